The van der Waals surface area contributed by atoms with Gasteiger partial charge >= 0.3 is 0 Å². The van der Waals surface area contributed by atoms with Gasteiger partial charge in [-0.3, -0.25) is 9.69 Å². The number of hydrogen-bond donors (Lipinski definition) is 0. The molecule has 7 heteroatoms. The fourth-order valence-corrected chi connectivity index (χ4v) is 3.83. The van der Waals surface area contributed by atoms with Crippen LogP contribution in [-0.2, 0) is 4.79 Å². The molecule has 2 heterocycles. The molecule has 30 heavy (non-hydrogen) atoms. The van der Waals surface area contributed by atoms with Gasteiger partial charge in [-0.05, 0) is 48.9 Å². The third-order valence-corrected chi connectivity index (χ3v) is 5.55. The van der Waals surface area contributed by atoms with Crippen molar-refractivity contribution in [1.82, 2.24) is 9.80 Å². The molecule has 1 unspecified atom stereocenters. The van der Waals surface area contributed by atoms with Gasteiger partial charge in [0.1, 0.15) is 11.6 Å². The molecule has 1 atom stereocenters. The molecule has 2 aromatic carbocycles. The topological polar surface area (TPSA) is 63.6 Å². The lowest BCUT2D eigenvalue weighted by atomic mass is 9.87. The molecule has 0 radical (unpaired) electrons. The van der Waals surface area contributed by atoms with Gasteiger partial charge in [0, 0.05) is 18.7 Å². The van der Waals surface area contributed by atoms with Gasteiger partial charge in [0.05, 0.1) is 45.3 Å². The van der Waals surface area contributed by atoms with Crippen LogP contribution in [0.5, 0.6) is 17.2 Å². The number of fused-ring (bicyclic) bond motifs is 3. The zero-order chi connectivity index (χ0) is 21.4. The number of ether oxygens (including phenoxy) is 3. The summed E-state index contributed by atoms with van der Waals surface area (Å²) in [5.41, 5.74) is 3.51. The molecule has 0 aliphatic carbocycles. The summed E-state index contributed by atoms with van der Waals surface area (Å²) in [5, 5.41) is 0. The predicted molar refractivity (Wildman–Crippen MR) is 116 cm³/mol. The molecular formula is C23H25N3O4. The minimum Gasteiger partial charge on any atom is -0.497 e. The number of likely N-dealkylation sites (N-methyl/N-ethyl adjacent to an activating group) is 1. The van der Waals surface area contributed by atoms with Crippen LogP contribution in [0.1, 0.15) is 24.0 Å². The number of hydrogen-bond acceptors (Lipinski definition) is 5. The summed E-state index contributed by atoms with van der Waals surface area (Å²) in [6, 6.07) is 11.4. The van der Waals surface area contributed by atoms with Crippen molar-refractivity contribution in [1.29, 1.82) is 0 Å². The van der Waals surface area contributed by atoms with Crippen molar-refractivity contribution in [3.63, 3.8) is 0 Å². The van der Waals surface area contributed by atoms with Crippen molar-refractivity contribution in [2.75, 3.05) is 35.0 Å². The lowest BCUT2D eigenvalue weighted by molar-refractivity contribution is -0.130. The second kappa shape index (κ2) is 7.74. The summed E-state index contributed by atoms with van der Waals surface area (Å²) in [5.74, 6) is 2.58. The molecule has 156 valence electrons. The van der Waals surface area contributed by atoms with E-state index in [1.54, 1.807) is 26.2 Å². The first-order valence-corrected chi connectivity index (χ1v) is 9.70. The largest absolute Gasteiger partial charge is 0.497 e. The summed E-state index contributed by atoms with van der Waals surface area (Å²) >= 11 is 0. The number of carbonyl (C=O) groups is 1. The molecule has 1 amide bonds. The highest BCUT2D eigenvalue weighted by molar-refractivity contribution is 6.07. The van der Waals surface area contributed by atoms with E-state index in [1.807, 2.05) is 61.3 Å². The van der Waals surface area contributed by atoms with Crippen LogP contribution in [0.4, 0.5) is 5.69 Å². The quantitative estimate of drug-likeness (QED) is 0.774. The van der Waals surface area contributed by atoms with E-state index < -0.39 is 0 Å². The highest BCUT2D eigenvalue weighted by Crippen LogP contribution is 2.43. The van der Waals surface area contributed by atoms with Crippen LogP contribution in [0.15, 0.2) is 47.5 Å². The van der Waals surface area contributed by atoms with E-state index in [9.17, 15) is 4.79 Å². The van der Waals surface area contributed by atoms with Gasteiger partial charge in [0.15, 0.2) is 11.5 Å². The third kappa shape index (κ3) is 3.26. The maximum atomic E-state index is 13.1. The molecule has 7 nitrogen and oxygen atoms in total. The number of aliphatic imine (C=N–C) groups is 1. The van der Waals surface area contributed by atoms with Crippen molar-refractivity contribution < 1.29 is 19.0 Å². The van der Waals surface area contributed by atoms with E-state index >= 15 is 0 Å². The molecule has 2 aliphatic rings. The van der Waals surface area contributed by atoms with Gasteiger partial charge in [-0.1, -0.05) is 0 Å². The van der Waals surface area contributed by atoms with E-state index in [1.165, 1.54) is 0 Å². The smallest absolute Gasteiger partial charge is 0.235 e. The van der Waals surface area contributed by atoms with Crippen molar-refractivity contribution in [2.24, 2.45) is 4.99 Å². The number of methoxy groups -OCH3 is 3. The molecule has 0 saturated carbocycles. The highest BCUT2D eigenvalue weighted by Gasteiger charge is 2.38. The number of carbonyl (C=O) groups excluding carboxylic acids is 1. The molecule has 0 aromatic heterocycles. The Hall–Kier alpha value is -3.48. The first-order valence-electron chi connectivity index (χ1n) is 9.70. The predicted octanol–water partition coefficient (Wildman–Crippen LogP) is 3.63. The molecule has 0 spiro atoms. The summed E-state index contributed by atoms with van der Waals surface area (Å²) in [6.07, 6.45) is 1.95. The van der Waals surface area contributed by atoms with Crippen LogP contribution in [0, 0.1) is 0 Å². The minimum atomic E-state index is -0.273. The molecular weight excluding hydrogens is 382 g/mol. The van der Waals surface area contributed by atoms with Gasteiger partial charge < -0.3 is 19.1 Å². The number of amidine groups is 1. The van der Waals surface area contributed by atoms with E-state index in [4.69, 9.17) is 19.2 Å². The Balaban J connectivity index is 1.84. The Morgan fingerprint density at radius 3 is 2.30 bits per heavy atom. The Kier molecular flexibility index (Phi) is 5.11. The van der Waals surface area contributed by atoms with Gasteiger partial charge in [-0.25, -0.2) is 4.99 Å². The first kappa shape index (κ1) is 19.8. The number of amides is 1. The number of benzene rings is 2. The molecule has 0 N–H and O–H groups in total. The van der Waals surface area contributed by atoms with Crippen molar-refractivity contribution in [3.05, 3.63) is 53.6 Å². The van der Waals surface area contributed by atoms with Crippen LogP contribution in [0.2, 0.25) is 0 Å². The summed E-state index contributed by atoms with van der Waals surface area (Å²) in [7, 11) is 6.77. The second-order valence-corrected chi connectivity index (χ2v) is 7.32. The molecule has 2 aliphatic heterocycles. The van der Waals surface area contributed by atoms with Crippen LogP contribution < -0.4 is 14.2 Å². The van der Waals surface area contributed by atoms with Gasteiger partial charge in [-0.15, -0.1) is 0 Å². The minimum absolute atomic E-state index is 0.0521. The van der Waals surface area contributed by atoms with Crippen LogP contribution >= 0.6 is 0 Å². The van der Waals surface area contributed by atoms with E-state index in [2.05, 4.69) is 0 Å². The lowest BCUT2D eigenvalue weighted by Gasteiger charge is -2.41. The molecule has 2 aromatic rings. The average Bonchev–Trinajstić information content (AvgIpc) is 2.78. The van der Waals surface area contributed by atoms with Crippen molar-refractivity contribution >= 4 is 23.1 Å². The second-order valence-electron chi connectivity index (χ2n) is 7.32. The zero-order valence-corrected chi connectivity index (χ0v) is 17.8. The monoisotopic (exact) mass is 407 g/mol. The standard InChI is InChI=1S/C23H25N3O4/c1-14-17-10-20(29-4)21(30-5)11-18(17)19-12-22(25(2)13-26(19)23(14)27)24-15-6-8-16(28-3)9-7-15/h6-12,14H,13H2,1-5H3. The SMILES string of the molecule is COc1ccc(N=C2C=C3c4cc(OC)c(OC)cc4C(C)C(=O)N3CN2C)cc1. The number of rotatable bonds is 4. The summed E-state index contributed by atoms with van der Waals surface area (Å²) in [6.45, 7) is 2.35. The van der Waals surface area contributed by atoms with Crippen LogP contribution in [0.25, 0.3) is 5.70 Å². The third-order valence-electron chi connectivity index (χ3n) is 5.55. The number of nitrogens with zero attached hydrogens (tertiary/aromatic N) is 3. The molecule has 0 saturated heterocycles. The van der Waals surface area contributed by atoms with E-state index in [0.29, 0.717) is 18.2 Å². The molecule has 4 rings (SSSR count). The van der Waals surface area contributed by atoms with Gasteiger partial charge in [0.25, 0.3) is 0 Å². The summed E-state index contributed by atoms with van der Waals surface area (Å²) in [4.78, 5) is 21.6. The van der Waals surface area contributed by atoms with Gasteiger partial charge in [-0.2, -0.15) is 0 Å². The Labute approximate surface area is 176 Å². The van der Waals surface area contributed by atoms with Crippen molar-refractivity contribution in [3.8, 4) is 17.2 Å². The first-order chi connectivity index (χ1) is 14.5. The highest BCUT2D eigenvalue weighted by atomic mass is 16.5. The Morgan fingerprint density at radius 2 is 1.67 bits per heavy atom. The Morgan fingerprint density at radius 1 is 1.00 bits per heavy atom. The van der Waals surface area contributed by atoms with Crippen LogP contribution in [-0.4, -0.2) is 56.6 Å². The lowest BCUT2D eigenvalue weighted by Crippen LogP contribution is -2.48. The maximum Gasteiger partial charge on any atom is 0.235 e. The van der Waals surface area contributed by atoms with E-state index in [-0.39, 0.29) is 11.8 Å². The zero-order valence-electron chi connectivity index (χ0n) is 17.8. The molecule has 0 bridgehead atoms. The fourth-order valence-electron chi connectivity index (χ4n) is 3.83. The fraction of sp³-hybridized carbons (Fsp3) is 0.304. The normalized spacial score (nSPS) is 19.2. The Bertz CT molecular complexity index is 1040. The van der Waals surface area contributed by atoms with Crippen LogP contribution in [0.3, 0.4) is 0 Å². The van der Waals surface area contributed by atoms with Crippen molar-refractivity contribution in [2.45, 2.75) is 12.8 Å². The maximum absolute atomic E-state index is 13.1. The van der Waals surface area contributed by atoms with E-state index in [0.717, 1.165) is 34.1 Å². The van der Waals surface area contributed by atoms with Gasteiger partial charge in [0.2, 0.25) is 5.91 Å². The molecule has 0 fully saturated rings. The average molecular weight is 407 g/mol. The summed E-state index contributed by atoms with van der Waals surface area (Å²) < 4.78 is 16.2.